The second kappa shape index (κ2) is 4.41. The van der Waals surface area contributed by atoms with Crippen LogP contribution in [-0.4, -0.2) is 23.6 Å². The Bertz CT molecular complexity index is 629. The van der Waals surface area contributed by atoms with Gasteiger partial charge < -0.3 is 0 Å². The molecule has 9 heteroatoms. The second-order valence-corrected chi connectivity index (χ2v) is 5.52. The van der Waals surface area contributed by atoms with Gasteiger partial charge in [-0.3, -0.25) is 0 Å². The monoisotopic (exact) mass is 320 g/mol. The zero-order valence-corrected chi connectivity index (χ0v) is 10.6. The number of rotatable bonds is 3. The molecule has 0 aliphatic rings. The van der Waals surface area contributed by atoms with Gasteiger partial charge in [0, 0.05) is 4.47 Å². The predicted molar refractivity (Wildman–Crippen MR) is 61.3 cm³/mol. The molecule has 0 saturated carbocycles. The maximum atomic E-state index is 12.8. The van der Waals surface area contributed by atoms with E-state index in [9.17, 15) is 12.8 Å². The lowest BCUT2D eigenvalue weighted by atomic mass is 10.3. The van der Waals surface area contributed by atoms with Crippen LogP contribution in [0.15, 0.2) is 33.9 Å². The van der Waals surface area contributed by atoms with Gasteiger partial charge in [-0.2, -0.15) is 10.1 Å². The van der Waals surface area contributed by atoms with E-state index in [1.807, 2.05) is 0 Å². The van der Waals surface area contributed by atoms with Crippen LogP contribution in [0.2, 0.25) is 0 Å². The van der Waals surface area contributed by atoms with Crippen molar-refractivity contribution in [2.45, 2.75) is 4.90 Å². The van der Waals surface area contributed by atoms with E-state index < -0.39 is 15.8 Å². The molecule has 2 aromatic rings. The molecule has 0 atom stereocenters. The van der Waals surface area contributed by atoms with Gasteiger partial charge in [0.15, 0.2) is 0 Å². The van der Waals surface area contributed by atoms with Crippen molar-refractivity contribution in [1.29, 1.82) is 0 Å². The number of nitrogens with zero attached hydrogens (tertiary/aromatic N) is 2. The van der Waals surface area contributed by atoms with Crippen molar-refractivity contribution in [3.63, 3.8) is 0 Å². The number of sulfonamides is 1. The number of H-pyrrole nitrogens is 1. The number of anilines is 1. The highest BCUT2D eigenvalue weighted by molar-refractivity contribution is 9.10. The normalized spacial score (nSPS) is 11.4. The molecule has 0 bridgehead atoms. The van der Waals surface area contributed by atoms with Crippen molar-refractivity contribution in [3.05, 3.63) is 34.8 Å². The SMILES string of the molecule is O=S(=O)(Nc1ncn[nH]1)c1ccc(F)cc1Br. The smallest absolute Gasteiger partial charge is 0.248 e. The van der Waals surface area contributed by atoms with Crippen LogP contribution in [0.1, 0.15) is 0 Å². The van der Waals surface area contributed by atoms with Crippen molar-refractivity contribution in [2.24, 2.45) is 0 Å². The first-order valence-corrected chi connectivity index (χ1v) is 6.60. The molecule has 2 rings (SSSR count). The molecule has 0 radical (unpaired) electrons. The molecule has 2 N–H and O–H groups in total. The zero-order valence-electron chi connectivity index (χ0n) is 8.18. The maximum Gasteiger partial charge on any atom is 0.265 e. The van der Waals surface area contributed by atoms with E-state index in [2.05, 4.69) is 35.8 Å². The van der Waals surface area contributed by atoms with Gasteiger partial charge >= 0.3 is 0 Å². The van der Waals surface area contributed by atoms with Crippen LogP contribution in [-0.2, 0) is 10.0 Å². The van der Waals surface area contributed by atoms with Crippen molar-refractivity contribution < 1.29 is 12.8 Å². The summed E-state index contributed by atoms with van der Waals surface area (Å²) in [5.41, 5.74) is 0. The minimum absolute atomic E-state index is 0.0128. The molecule has 1 aromatic heterocycles. The second-order valence-electron chi connectivity index (χ2n) is 3.01. The number of aromatic amines is 1. The third kappa shape index (κ3) is 2.61. The summed E-state index contributed by atoms with van der Waals surface area (Å²) >= 11 is 2.98. The van der Waals surface area contributed by atoms with Crippen LogP contribution in [0.25, 0.3) is 0 Å². The summed E-state index contributed by atoms with van der Waals surface area (Å²) in [6.45, 7) is 0. The lowest BCUT2D eigenvalue weighted by Crippen LogP contribution is -2.14. The van der Waals surface area contributed by atoms with Gasteiger partial charge in [0.05, 0.1) is 0 Å². The van der Waals surface area contributed by atoms with Gasteiger partial charge in [0.1, 0.15) is 17.0 Å². The average Bonchev–Trinajstić information content (AvgIpc) is 2.68. The summed E-state index contributed by atoms with van der Waals surface area (Å²) in [7, 11) is -3.83. The molecule has 0 spiro atoms. The van der Waals surface area contributed by atoms with E-state index in [0.29, 0.717) is 0 Å². The lowest BCUT2D eigenvalue weighted by molar-refractivity contribution is 0.598. The first-order chi connectivity index (χ1) is 7.99. The molecule has 90 valence electrons. The molecule has 0 aliphatic heterocycles. The Kier molecular flexibility index (Phi) is 3.11. The van der Waals surface area contributed by atoms with Crippen molar-refractivity contribution in [2.75, 3.05) is 4.72 Å². The van der Waals surface area contributed by atoms with Crippen molar-refractivity contribution in [3.8, 4) is 0 Å². The average molecular weight is 321 g/mol. The number of hydrogen-bond donors (Lipinski definition) is 2. The Labute approximate surface area is 104 Å². The molecular formula is C8H6BrFN4O2S. The molecule has 1 heterocycles. The molecule has 0 unspecified atom stereocenters. The third-order valence-corrected chi connectivity index (χ3v) is 4.15. The van der Waals surface area contributed by atoms with Gasteiger partial charge in [0.25, 0.3) is 10.0 Å². The molecular weight excluding hydrogens is 315 g/mol. The van der Waals surface area contributed by atoms with Crippen molar-refractivity contribution in [1.82, 2.24) is 15.2 Å². The molecule has 1 aromatic carbocycles. The van der Waals surface area contributed by atoms with Gasteiger partial charge in [-0.1, -0.05) is 0 Å². The minimum atomic E-state index is -3.83. The predicted octanol–water partition coefficient (Wildman–Crippen LogP) is 1.51. The molecule has 0 fully saturated rings. The van der Waals surface area contributed by atoms with E-state index in [1.165, 1.54) is 0 Å². The van der Waals surface area contributed by atoms with Gasteiger partial charge in [0.2, 0.25) is 5.95 Å². The molecule has 0 amide bonds. The summed E-state index contributed by atoms with van der Waals surface area (Å²) < 4.78 is 38.9. The standard InChI is InChI=1S/C8H6BrFN4O2S/c9-6-3-5(10)1-2-7(6)17(15,16)14-8-11-4-12-13-8/h1-4H,(H2,11,12,13,14). The summed E-state index contributed by atoms with van der Waals surface area (Å²) in [5, 5.41) is 5.85. The van der Waals surface area contributed by atoms with E-state index in [1.54, 1.807) is 0 Å². The van der Waals surface area contributed by atoms with E-state index in [4.69, 9.17) is 0 Å². The Balaban J connectivity index is 2.38. The minimum Gasteiger partial charge on any atom is -0.248 e. The topological polar surface area (TPSA) is 87.7 Å². The van der Waals surface area contributed by atoms with Crippen LogP contribution in [0.4, 0.5) is 10.3 Å². The number of benzene rings is 1. The van der Waals surface area contributed by atoms with Crippen LogP contribution >= 0.6 is 15.9 Å². The molecule has 0 saturated heterocycles. The maximum absolute atomic E-state index is 12.8. The lowest BCUT2D eigenvalue weighted by Gasteiger charge is -2.06. The van der Waals surface area contributed by atoms with E-state index >= 15 is 0 Å². The Hall–Kier alpha value is -1.48. The number of halogens is 2. The van der Waals surface area contributed by atoms with Crippen LogP contribution in [0.3, 0.4) is 0 Å². The first kappa shape index (κ1) is 12.0. The third-order valence-electron chi connectivity index (χ3n) is 1.83. The highest BCUT2D eigenvalue weighted by atomic mass is 79.9. The Morgan fingerprint density at radius 2 is 2.18 bits per heavy atom. The van der Waals surface area contributed by atoms with E-state index in [-0.39, 0.29) is 15.3 Å². The summed E-state index contributed by atoms with van der Waals surface area (Å²) in [6.07, 6.45) is 1.16. The fraction of sp³-hybridized carbons (Fsp3) is 0. The highest BCUT2D eigenvalue weighted by Crippen LogP contribution is 2.23. The number of nitrogens with one attached hydrogen (secondary N) is 2. The summed E-state index contributed by atoms with van der Waals surface area (Å²) in [6, 6.07) is 3.27. The van der Waals surface area contributed by atoms with Gasteiger partial charge in [-0.05, 0) is 34.1 Å². The fourth-order valence-corrected chi connectivity index (χ4v) is 3.15. The molecule has 17 heavy (non-hydrogen) atoms. The van der Waals surface area contributed by atoms with Gasteiger partial charge in [-0.25, -0.2) is 22.6 Å². The Morgan fingerprint density at radius 3 is 2.76 bits per heavy atom. The van der Waals surface area contributed by atoms with Gasteiger partial charge in [-0.15, -0.1) is 0 Å². The summed E-state index contributed by atoms with van der Waals surface area (Å²) in [4.78, 5) is 3.54. The van der Waals surface area contributed by atoms with Crippen LogP contribution < -0.4 is 4.72 Å². The number of aromatic nitrogens is 3. The first-order valence-electron chi connectivity index (χ1n) is 4.32. The Morgan fingerprint density at radius 1 is 1.41 bits per heavy atom. The van der Waals surface area contributed by atoms with Crippen molar-refractivity contribution >= 4 is 31.9 Å². The van der Waals surface area contributed by atoms with Crippen LogP contribution in [0.5, 0.6) is 0 Å². The molecule has 0 aliphatic carbocycles. The van der Waals surface area contributed by atoms with E-state index in [0.717, 1.165) is 24.5 Å². The fourth-order valence-electron chi connectivity index (χ4n) is 1.13. The summed E-state index contributed by atoms with van der Waals surface area (Å²) in [5.74, 6) is -0.545. The number of hydrogen-bond acceptors (Lipinski definition) is 4. The van der Waals surface area contributed by atoms with Crippen LogP contribution in [0, 0.1) is 5.82 Å². The highest BCUT2D eigenvalue weighted by Gasteiger charge is 2.19. The zero-order chi connectivity index (χ0) is 12.5. The molecule has 6 nitrogen and oxygen atoms in total. The largest absolute Gasteiger partial charge is 0.265 e. The quantitative estimate of drug-likeness (QED) is 0.897.